The average Bonchev–Trinajstić information content (AvgIpc) is 2.44. The molecule has 0 N–H and O–H groups in total. The molecule has 1 unspecified atom stereocenters. The van der Waals surface area contributed by atoms with Gasteiger partial charge in [-0.1, -0.05) is 0 Å². The lowest BCUT2D eigenvalue weighted by Crippen LogP contribution is -2.46. The van der Waals surface area contributed by atoms with E-state index < -0.39 is 11.7 Å². The Balaban J connectivity index is 1.86. The minimum absolute atomic E-state index is 0.0197. The van der Waals surface area contributed by atoms with Crippen LogP contribution in [0.2, 0.25) is 0 Å². The van der Waals surface area contributed by atoms with Crippen molar-refractivity contribution in [3.63, 3.8) is 0 Å². The van der Waals surface area contributed by atoms with Crippen molar-refractivity contribution in [1.82, 2.24) is 4.90 Å². The molecule has 1 atom stereocenters. The normalized spacial score (nSPS) is 19.4. The van der Waals surface area contributed by atoms with Gasteiger partial charge < -0.3 is 14.4 Å². The van der Waals surface area contributed by atoms with Crippen molar-refractivity contribution in [2.45, 2.75) is 19.2 Å². The summed E-state index contributed by atoms with van der Waals surface area (Å²) < 4.78 is 47.7. The van der Waals surface area contributed by atoms with Gasteiger partial charge in [0, 0.05) is 13.1 Å². The summed E-state index contributed by atoms with van der Waals surface area (Å²) in [7, 11) is 0. The van der Waals surface area contributed by atoms with Crippen molar-refractivity contribution in [2.75, 3.05) is 26.3 Å². The minimum Gasteiger partial charge on any atom is -0.484 e. The molecule has 0 saturated carbocycles. The van der Waals surface area contributed by atoms with Crippen molar-refractivity contribution >= 4 is 5.91 Å². The van der Waals surface area contributed by atoms with E-state index in [0.717, 1.165) is 12.1 Å². The molecule has 116 valence electrons. The number of hydrogen-bond acceptors (Lipinski definition) is 3. The maximum absolute atomic E-state index is 12.4. The summed E-state index contributed by atoms with van der Waals surface area (Å²) in [6, 6.07) is 4.27. The van der Waals surface area contributed by atoms with Gasteiger partial charge >= 0.3 is 6.18 Å². The fraction of sp³-hybridized carbons (Fsp3) is 0.500. The zero-order valence-corrected chi connectivity index (χ0v) is 11.5. The third-order valence-electron chi connectivity index (χ3n) is 3.14. The smallest absolute Gasteiger partial charge is 0.416 e. The average molecular weight is 303 g/mol. The molecule has 1 aromatic rings. The minimum atomic E-state index is -4.38. The van der Waals surface area contributed by atoms with Crippen LogP contribution in [0.4, 0.5) is 13.2 Å². The molecule has 0 bridgehead atoms. The van der Waals surface area contributed by atoms with Gasteiger partial charge in [0.15, 0.2) is 6.61 Å². The van der Waals surface area contributed by atoms with Crippen LogP contribution in [0.1, 0.15) is 12.5 Å². The molecule has 1 fully saturated rings. The highest BCUT2D eigenvalue weighted by molar-refractivity contribution is 5.77. The summed E-state index contributed by atoms with van der Waals surface area (Å²) >= 11 is 0. The lowest BCUT2D eigenvalue weighted by molar-refractivity contribution is -0.140. The topological polar surface area (TPSA) is 38.8 Å². The van der Waals surface area contributed by atoms with E-state index in [4.69, 9.17) is 9.47 Å². The number of morpholine rings is 1. The second-order valence-corrected chi connectivity index (χ2v) is 4.83. The number of amides is 1. The van der Waals surface area contributed by atoms with Gasteiger partial charge in [-0.25, -0.2) is 0 Å². The molecule has 0 aromatic heterocycles. The first kappa shape index (κ1) is 15.6. The molecule has 2 rings (SSSR count). The number of rotatable bonds is 3. The lowest BCUT2D eigenvalue weighted by Gasteiger charge is -2.31. The van der Waals surface area contributed by atoms with Gasteiger partial charge in [0.25, 0.3) is 5.91 Å². The molecule has 1 aliphatic heterocycles. The number of alkyl halides is 3. The Hall–Kier alpha value is -1.76. The molecule has 4 nitrogen and oxygen atoms in total. The van der Waals surface area contributed by atoms with E-state index >= 15 is 0 Å². The van der Waals surface area contributed by atoms with E-state index in [-0.39, 0.29) is 24.4 Å². The Bertz CT molecular complexity index is 487. The summed E-state index contributed by atoms with van der Waals surface area (Å²) in [5, 5.41) is 0. The van der Waals surface area contributed by atoms with Gasteiger partial charge in [0.05, 0.1) is 18.3 Å². The van der Waals surface area contributed by atoms with E-state index in [1.54, 1.807) is 4.90 Å². The lowest BCUT2D eigenvalue weighted by atomic mass is 10.2. The largest absolute Gasteiger partial charge is 0.484 e. The highest BCUT2D eigenvalue weighted by atomic mass is 19.4. The van der Waals surface area contributed by atoms with Crippen molar-refractivity contribution in [3.05, 3.63) is 29.8 Å². The van der Waals surface area contributed by atoms with Crippen molar-refractivity contribution in [1.29, 1.82) is 0 Å². The van der Waals surface area contributed by atoms with E-state index in [9.17, 15) is 18.0 Å². The molecule has 0 spiro atoms. The van der Waals surface area contributed by atoms with Crippen molar-refractivity contribution in [2.24, 2.45) is 0 Å². The molecule has 1 heterocycles. The summed E-state index contributed by atoms with van der Waals surface area (Å²) in [6.45, 7) is 3.15. The molecule has 1 aromatic carbocycles. The fourth-order valence-corrected chi connectivity index (χ4v) is 2.02. The van der Waals surface area contributed by atoms with Gasteiger partial charge in [-0.15, -0.1) is 0 Å². The number of benzene rings is 1. The van der Waals surface area contributed by atoms with E-state index in [1.165, 1.54) is 12.1 Å². The first-order chi connectivity index (χ1) is 9.86. The Morgan fingerprint density at radius 2 is 2.05 bits per heavy atom. The predicted molar refractivity (Wildman–Crippen MR) is 68.9 cm³/mol. The quantitative estimate of drug-likeness (QED) is 0.860. The zero-order chi connectivity index (χ0) is 15.5. The molecule has 1 aliphatic rings. The van der Waals surface area contributed by atoms with Crippen LogP contribution in [-0.2, 0) is 15.7 Å². The van der Waals surface area contributed by atoms with Crippen LogP contribution in [0.3, 0.4) is 0 Å². The van der Waals surface area contributed by atoms with Gasteiger partial charge in [-0.3, -0.25) is 4.79 Å². The number of carbonyl (C=O) groups is 1. The molecular weight excluding hydrogens is 287 g/mol. The van der Waals surface area contributed by atoms with Crippen LogP contribution in [0.25, 0.3) is 0 Å². The van der Waals surface area contributed by atoms with E-state index in [2.05, 4.69) is 0 Å². The Morgan fingerprint density at radius 3 is 2.62 bits per heavy atom. The third kappa shape index (κ3) is 4.35. The van der Waals surface area contributed by atoms with Crippen LogP contribution < -0.4 is 4.74 Å². The Labute approximate surface area is 120 Å². The van der Waals surface area contributed by atoms with Crippen molar-refractivity contribution < 1.29 is 27.4 Å². The van der Waals surface area contributed by atoms with E-state index in [0.29, 0.717) is 19.7 Å². The maximum atomic E-state index is 12.4. The fourth-order valence-electron chi connectivity index (χ4n) is 2.02. The number of ether oxygens (including phenoxy) is 2. The highest BCUT2D eigenvalue weighted by Gasteiger charge is 2.30. The zero-order valence-electron chi connectivity index (χ0n) is 11.5. The summed E-state index contributed by atoms with van der Waals surface area (Å²) in [4.78, 5) is 13.5. The molecule has 1 amide bonds. The van der Waals surface area contributed by atoms with Gasteiger partial charge in [-0.05, 0) is 31.2 Å². The van der Waals surface area contributed by atoms with Crippen LogP contribution in [-0.4, -0.2) is 43.2 Å². The molecular formula is C14H16F3NO3. The second-order valence-electron chi connectivity index (χ2n) is 4.83. The molecule has 1 saturated heterocycles. The molecule has 7 heteroatoms. The number of halogens is 3. The third-order valence-corrected chi connectivity index (χ3v) is 3.14. The molecule has 21 heavy (non-hydrogen) atoms. The predicted octanol–water partition coefficient (Wildman–Crippen LogP) is 2.33. The van der Waals surface area contributed by atoms with Crippen LogP contribution in [0.5, 0.6) is 5.75 Å². The van der Waals surface area contributed by atoms with Crippen LogP contribution in [0.15, 0.2) is 24.3 Å². The maximum Gasteiger partial charge on any atom is 0.416 e. The number of carbonyl (C=O) groups excluding carboxylic acids is 1. The Morgan fingerprint density at radius 1 is 1.38 bits per heavy atom. The van der Waals surface area contributed by atoms with Gasteiger partial charge in [-0.2, -0.15) is 13.2 Å². The first-order valence-corrected chi connectivity index (χ1v) is 6.55. The standard InChI is InChI=1S/C14H16F3NO3/c1-10-8-18(6-7-20-10)13(19)9-21-12-4-2-11(3-5-12)14(15,16)17/h2-5,10H,6-9H2,1H3. The molecule has 0 radical (unpaired) electrons. The Kier molecular flexibility index (Phi) is 4.72. The summed E-state index contributed by atoms with van der Waals surface area (Å²) in [6.07, 6.45) is -4.40. The summed E-state index contributed by atoms with van der Waals surface area (Å²) in [5.41, 5.74) is -0.747. The monoisotopic (exact) mass is 303 g/mol. The van der Waals surface area contributed by atoms with Gasteiger partial charge in [0.2, 0.25) is 0 Å². The van der Waals surface area contributed by atoms with Crippen molar-refractivity contribution in [3.8, 4) is 5.75 Å². The van der Waals surface area contributed by atoms with Crippen LogP contribution >= 0.6 is 0 Å². The molecule has 0 aliphatic carbocycles. The number of hydrogen-bond donors (Lipinski definition) is 0. The number of nitrogens with zero attached hydrogens (tertiary/aromatic N) is 1. The van der Waals surface area contributed by atoms with Gasteiger partial charge in [0.1, 0.15) is 5.75 Å². The highest BCUT2D eigenvalue weighted by Crippen LogP contribution is 2.30. The SMILES string of the molecule is CC1CN(C(=O)COc2ccc(C(F)(F)F)cc2)CCO1. The first-order valence-electron chi connectivity index (χ1n) is 6.55. The second kappa shape index (κ2) is 6.34. The van der Waals surface area contributed by atoms with Crippen LogP contribution in [0, 0.1) is 0 Å². The summed E-state index contributed by atoms with van der Waals surface area (Å²) in [5.74, 6) is 0.0303. The van der Waals surface area contributed by atoms with E-state index in [1.807, 2.05) is 6.92 Å².